The van der Waals surface area contributed by atoms with Crippen molar-refractivity contribution in [2.75, 3.05) is 10.7 Å². The van der Waals surface area contributed by atoms with Crippen LogP contribution in [0.15, 0.2) is 18.2 Å². The zero-order valence-electron chi connectivity index (χ0n) is 11.8. The molecule has 1 aromatic rings. The molecule has 110 valence electrons. The first-order chi connectivity index (χ1) is 9.65. The van der Waals surface area contributed by atoms with E-state index in [9.17, 15) is 10.1 Å². The van der Waals surface area contributed by atoms with E-state index in [-0.39, 0.29) is 5.69 Å². The molecule has 0 spiro atoms. The van der Waals surface area contributed by atoms with Crippen LogP contribution in [0.25, 0.3) is 0 Å². The minimum absolute atomic E-state index is 0.0209. The number of nitro groups is 1. The molecule has 0 unspecified atom stereocenters. The lowest BCUT2D eigenvalue weighted by molar-refractivity contribution is -0.383. The van der Waals surface area contributed by atoms with Crippen LogP contribution in [0.2, 0.25) is 0 Å². The van der Waals surface area contributed by atoms with Crippen molar-refractivity contribution < 1.29 is 4.92 Å². The van der Waals surface area contributed by atoms with Gasteiger partial charge < -0.3 is 10.7 Å². The van der Waals surface area contributed by atoms with E-state index in [0.29, 0.717) is 17.4 Å². The molecule has 1 aromatic carbocycles. The molecular weight excluding hydrogens is 256 g/mol. The lowest BCUT2D eigenvalue weighted by Gasteiger charge is -2.29. The Balaban J connectivity index is 2.12. The number of nitrogen functional groups attached to an aromatic ring is 1. The lowest BCUT2D eigenvalue weighted by Crippen LogP contribution is -2.26. The van der Waals surface area contributed by atoms with Gasteiger partial charge >= 0.3 is 5.69 Å². The molecule has 1 saturated carbocycles. The summed E-state index contributed by atoms with van der Waals surface area (Å²) in [4.78, 5) is 10.8. The molecule has 0 bridgehead atoms. The van der Waals surface area contributed by atoms with Crippen LogP contribution in [0.5, 0.6) is 0 Å². The third-order valence-corrected chi connectivity index (χ3v) is 4.16. The van der Waals surface area contributed by atoms with Gasteiger partial charge in [0, 0.05) is 6.04 Å². The van der Waals surface area contributed by atoms with E-state index in [1.165, 1.54) is 19.3 Å². The van der Waals surface area contributed by atoms with Crippen molar-refractivity contribution in [2.24, 2.45) is 11.8 Å². The van der Waals surface area contributed by atoms with Gasteiger partial charge in [-0.1, -0.05) is 19.4 Å². The number of hydrogen-bond acceptors (Lipinski definition) is 5. The monoisotopic (exact) mass is 278 g/mol. The number of benzene rings is 1. The predicted molar refractivity (Wildman–Crippen MR) is 80.6 cm³/mol. The molecule has 0 saturated heterocycles. The zero-order valence-corrected chi connectivity index (χ0v) is 11.8. The van der Waals surface area contributed by atoms with Gasteiger partial charge in [-0.2, -0.15) is 0 Å². The Morgan fingerprint density at radius 3 is 2.50 bits per heavy atom. The Kier molecular flexibility index (Phi) is 4.79. The second-order valence-electron chi connectivity index (χ2n) is 5.37. The quantitative estimate of drug-likeness (QED) is 0.436. The van der Waals surface area contributed by atoms with Crippen molar-refractivity contribution in [1.29, 1.82) is 0 Å². The van der Waals surface area contributed by atoms with E-state index in [1.54, 1.807) is 18.2 Å². The third-order valence-electron chi connectivity index (χ3n) is 4.16. The molecule has 1 fully saturated rings. The smallest absolute Gasteiger partial charge is 0.316 e. The molecule has 1 aliphatic rings. The predicted octanol–water partition coefficient (Wildman–Crippen LogP) is 3.26. The number of rotatable bonds is 5. The van der Waals surface area contributed by atoms with E-state index < -0.39 is 4.92 Å². The van der Waals surface area contributed by atoms with Gasteiger partial charge in [0.15, 0.2) is 0 Å². The second-order valence-corrected chi connectivity index (χ2v) is 5.37. The van der Waals surface area contributed by atoms with Crippen molar-refractivity contribution in [3.8, 4) is 0 Å². The van der Waals surface area contributed by atoms with Gasteiger partial charge in [-0.25, -0.2) is 0 Å². The summed E-state index contributed by atoms with van der Waals surface area (Å²) in [5.41, 5.74) is 3.29. The summed E-state index contributed by atoms with van der Waals surface area (Å²) in [6.45, 7) is 2.22. The summed E-state index contributed by atoms with van der Waals surface area (Å²) in [6.07, 6.45) is 5.74. The summed E-state index contributed by atoms with van der Waals surface area (Å²) in [5.74, 6) is 6.15. The Hall–Kier alpha value is -1.82. The minimum Gasteiger partial charge on any atom is -0.377 e. The normalized spacial score (nSPS) is 22.3. The third kappa shape index (κ3) is 3.19. The molecule has 0 heterocycles. The molecule has 0 atom stereocenters. The topological polar surface area (TPSA) is 93.2 Å². The largest absolute Gasteiger partial charge is 0.377 e. The molecule has 0 aromatic heterocycles. The molecule has 4 N–H and O–H groups in total. The second kappa shape index (κ2) is 6.56. The van der Waals surface area contributed by atoms with Crippen molar-refractivity contribution in [1.82, 2.24) is 0 Å². The summed E-state index contributed by atoms with van der Waals surface area (Å²) >= 11 is 0. The zero-order chi connectivity index (χ0) is 14.5. The highest BCUT2D eigenvalue weighted by molar-refractivity contribution is 5.76. The number of nitrogens with one attached hydrogen (secondary N) is 2. The van der Waals surface area contributed by atoms with E-state index in [4.69, 9.17) is 5.84 Å². The number of hydrogen-bond donors (Lipinski definition) is 3. The summed E-state index contributed by atoms with van der Waals surface area (Å²) in [7, 11) is 0. The van der Waals surface area contributed by atoms with Gasteiger partial charge in [-0.05, 0) is 43.7 Å². The fourth-order valence-electron chi connectivity index (χ4n) is 2.91. The average molecular weight is 278 g/mol. The highest BCUT2D eigenvalue weighted by Gasteiger charge is 2.24. The fraction of sp³-hybridized carbons (Fsp3) is 0.571. The SMILES string of the molecule is CCC1CCC(Nc2cccc(NN)c2[N+](=O)[O-])CC1. The van der Waals surface area contributed by atoms with Crippen LogP contribution in [-0.2, 0) is 0 Å². The van der Waals surface area contributed by atoms with Gasteiger partial charge in [0.1, 0.15) is 11.4 Å². The van der Waals surface area contributed by atoms with Crippen LogP contribution >= 0.6 is 0 Å². The number of para-hydroxylation sites is 1. The Morgan fingerprint density at radius 1 is 1.30 bits per heavy atom. The average Bonchev–Trinajstić information content (AvgIpc) is 2.47. The first kappa shape index (κ1) is 14.6. The van der Waals surface area contributed by atoms with Crippen molar-refractivity contribution in [3.05, 3.63) is 28.3 Å². The molecular formula is C14H22N4O2. The Labute approximate surface area is 118 Å². The number of nitrogens with two attached hydrogens (primary N) is 1. The highest BCUT2D eigenvalue weighted by atomic mass is 16.6. The number of hydrazine groups is 1. The molecule has 2 rings (SSSR count). The van der Waals surface area contributed by atoms with Crippen molar-refractivity contribution in [3.63, 3.8) is 0 Å². The minimum atomic E-state index is -0.394. The van der Waals surface area contributed by atoms with E-state index >= 15 is 0 Å². The molecule has 0 amide bonds. The lowest BCUT2D eigenvalue weighted by atomic mass is 9.84. The Bertz CT molecular complexity index is 470. The first-order valence-corrected chi connectivity index (χ1v) is 7.16. The molecule has 20 heavy (non-hydrogen) atoms. The van der Waals surface area contributed by atoms with E-state index in [0.717, 1.165) is 18.8 Å². The molecule has 6 nitrogen and oxygen atoms in total. The van der Waals surface area contributed by atoms with Crippen molar-refractivity contribution in [2.45, 2.75) is 45.1 Å². The molecule has 0 radical (unpaired) electrons. The van der Waals surface area contributed by atoms with Crippen LogP contribution in [0.3, 0.4) is 0 Å². The maximum Gasteiger partial charge on any atom is 0.316 e. The summed E-state index contributed by atoms with van der Waals surface area (Å²) < 4.78 is 0. The van der Waals surface area contributed by atoms with Gasteiger partial charge in [0.25, 0.3) is 0 Å². The highest BCUT2D eigenvalue weighted by Crippen LogP contribution is 2.35. The van der Waals surface area contributed by atoms with Crippen LogP contribution in [0.4, 0.5) is 17.1 Å². The first-order valence-electron chi connectivity index (χ1n) is 7.16. The van der Waals surface area contributed by atoms with Crippen LogP contribution < -0.4 is 16.6 Å². The van der Waals surface area contributed by atoms with Crippen molar-refractivity contribution >= 4 is 17.1 Å². The van der Waals surface area contributed by atoms with E-state index in [2.05, 4.69) is 17.7 Å². The summed E-state index contributed by atoms with van der Waals surface area (Å²) in [6, 6.07) is 5.43. The number of nitrogens with zero attached hydrogens (tertiary/aromatic N) is 1. The molecule has 0 aliphatic heterocycles. The Morgan fingerprint density at radius 2 is 1.95 bits per heavy atom. The maximum atomic E-state index is 11.2. The standard InChI is InChI=1S/C14H22N4O2/c1-2-10-6-8-11(9-7-10)16-12-4-3-5-13(17-15)14(12)18(19)20/h3-5,10-11,16-17H,2,6-9,15H2,1H3. The maximum absolute atomic E-state index is 11.2. The van der Waals surface area contributed by atoms with Crippen LogP contribution in [-0.4, -0.2) is 11.0 Å². The van der Waals surface area contributed by atoms with Gasteiger partial charge in [0.2, 0.25) is 0 Å². The number of anilines is 2. The van der Waals surface area contributed by atoms with Gasteiger partial charge in [-0.3, -0.25) is 16.0 Å². The van der Waals surface area contributed by atoms with Crippen LogP contribution in [0, 0.1) is 16.0 Å². The molecule has 1 aliphatic carbocycles. The van der Waals surface area contributed by atoms with E-state index in [1.807, 2.05) is 0 Å². The number of nitro benzene ring substituents is 1. The van der Waals surface area contributed by atoms with Gasteiger partial charge in [0.05, 0.1) is 4.92 Å². The van der Waals surface area contributed by atoms with Gasteiger partial charge in [-0.15, -0.1) is 0 Å². The summed E-state index contributed by atoms with van der Waals surface area (Å²) in [5, 5.41) is 14.5. The van der Waals surface area contributed by atoms with Crippen LogP contribution in [0.1, 0.15) is 39.0 Å². The fourth-order valence-corrected chi connectivity index (χ4v) is 2.91. The molecule has 6 heteroatoms.